The molecule has 29 heavy (non-hydrogen) atoms. The molecule has 0 N–H and O–H groups in total. The van der Waals surface area contributed by atoms with Crippen molar-refractivity contribution in [2.75, 3.05) is 20.3 Å². The summed E-state index contributed by atoms with van der Waals surface area (Å²) in [4.78, 5) is 15.7. The molecule has 1 heterocycles. The van der Waals surface area contributed by atoms with Gasteiger partial charge in [-0.05, 0) is 105 Å². The largest absolute Gasteiger partial charge is 0.381 e. The molecule has 3 nitrogen and oxygen atoms in total. The molecule has 1 amide bonds. The lowest BCUT2D eigenvalue weighted by Crippen LogP contribution is -2.51. The summed E-state index contributed by atoms with van der Waals surface area (Å²) >= 11 is 0. The van der Waals surface area contributed by atoms with E-state index < -0.39 is 0 Å². The highest BCUT2D eigenvalue weighted by atomic mass is 16.5. The molecule has 5 rings (SSSR count). The Kier molecular flexibility index (Phi) is 5.50. The Morgan fingerprint density at radius 3 is 2.45 bits per heavy atom. The number of hydrogen-bond donors (Lipinski definition) is 0. The van der Waals surface area contributed by atoms with Crippen LogP contribution in [0.3, 0.4) is 0 Å². The van der Waals surface area contributed by atoms with Gasteiger partial charge in [-0.1, -0.05) is 20.3 Å². The van der Waals surface area contributed by atoms with Gasteiger partial charge in [0, 0.05) is 32.2 Å². The molecule has 1 saturated heterocycles. The first-order chi connectivity index (χ1) is 14.0. The Morgan fingerprint density at radius 1 is 0.897 bits per heavy atom. The van der Waals surface area contributed by atoms with E-state index in [0.29, 0.717) is 11.9 Å². The van der Waals surface area contributed by atoms with Crippen molar-refractivity contribution in [3.05, 3.63) is 0 Å². The van der Waals surface area contributed by atoms with E-state index in [0.717, 1.165) is 68.0 Å². The third-order valence-electron chi connectivity index (χ3n) is 10.6. The lowest BCUT2D eigenvalue weighted by atomic mass is 9.49. The summed E-state index contributed by atoms with van der Waals surface area (Å²) < 4.78 is 5.53. The van der Waals surface area contributed by atoms with Gasteiger partial charge in [-0.3, -0.25) is 4.79 Å². The van der Waals surface area contributed by atoms with Crippen LogP contribution >= 0.6 is 0 Å². The predicted molar refractivity (Wildman–Crippen MR) is 116 cm³/mol. The molecule has 0 aromatic heterocycles. The van der Waals surface area contributed by atoms with Gasteiger partial charge in [0.05, 0.1) is 0 Å². The fraction of sp³-hybridized carbons (Fsp3) is 0.962. The van der Waals surface area contributed by atoms with Crippen molar-refractivity contribution in [2.24, 2.45) is 46.8 Å². The van der Waals surface area contributed by atoms with Crippen molar-refractivity contribution < 1.29 is 9.53 Å². The van der Waals surface area contributed by atoms with Crippen LogP contribution in [0.4, 0.5) is 0 Å². The zero-order valence-corrected chi connectivity index (χ0v) is 19.1. The highest BCUT2D eigenvalue weighted by Gasteiger charge is 2.58. The molecule has 5 fully saturated rings. The molecule has 0 aromatic rings. The molecular weight excluding hydrogens is 358 g/mol. The second-order valence-electron chi connectivity index (χ2n) is 11.8. The maximum absolute atomic E-state index is 13.6. The molecule has 7 unspecified atom stereocenters. The predicted octanol–water partition coefficient (Wildman–Crippen LogP) is 5.53. The molecule has 0 bridgehead atoms. The van der Waals surface area contributed by atoms with Gasteiger partial charge in [0.15, 0.2) is 0 Å². The van der Waals surface area contributed by atoms with Crippen LogP contribution in [0.5, 0.6) is 0 Å². The maximum Gasteiger partial charge on any atom is 0.226 e. The minimum Gasteiger partial charge on any atom is -0.381 e. The summed E-state index contributed by atoms with van der Waals surface area (Å²) in [5.74, 6) is 6.40. The quantitative estimate of drug-likeness (QED) is 0.609. The first-order valence-electron chi connectivity index (χ1n) is 12.8. The molecule has 164 valence electrons. The first-order valence-corrected chi connectivity index (χ1v) is 12.8. The van der Waals surface area contributed by atoms with Gasteiger partial charge < -0.3 is 9.64 Å². The van der Waals surface area contributed by atoms with E-state index in [1.807, 2.05) is 0 Å². The third kappa shape index (κ3) is 3.38. The first kappa shape index (κ1) is 20.3. The topological polar surface area (TPSA) is 29.5 Å². The number of rotatable bonds is 2. The van der Waals surface area contributed by atoms with Crippen LogP contribution in [-0.4, -0.2) is 37.1 Å². The molecule has 8 atom stereocenters. The van der Waals surface area contributed by atoms with Crippen LogP contribution < -0.4 is 0 Å². The summed E-state index contributed by atoms with van der Waals surface area (Å²) in [6.45, 7) is 6.62. The Bertz CT molecular complexity index is 614. The standard InChI is InChI=1S/C26H43NO2/c1-17-4-6-20-18(16-17)5-7-22-21(20)10-13-26(2)23(22)8-9-24(26)25(28)27(3)19-11-14-29-15-12-19/h17-24H,4-16H2,1-3H3/t17?,18?,20?,21?,22?,23?,24-,26?/m1/s1. The molecular formula is C26H43NO2. The monoisotopic (exact) mass is 401 g/mol. The van der Waals surface area contributed by atoms with Crippen LogP contribution in [0, 0.1) is 46.8 Å². The van der Waals surface area contributed by atoms with Crippen LogP contribution in [0.2, 0.25) is 0 Å². The fourth-order valence-electron chi connectivity index (χ4n) is 8.99. The van der Waals surface area contributed by atoms with Crippen molar-refractivity contribution in [3.63, 3.8) is 0 Å². The molecule has 5 aliphatic rings. The molecule has 4 aliphatic carbocycles. The number of hydrogen-bond acceptors (Lipinski definition) is 2. The molecule has 0 spiro atoms. The van der Waals surface area contributed by atoms with E-state index in [1.165, 1.54) is 51.4 Å². The zero-order valence-electron chi connectivity index (χ0n) is 19.1. The van der Waals surface area contributed by atoms with Crippen LogP contribution in [0.15, 0.2) is 0 Å². The number of fused-ring (bicyclic) bond motifs is 5. The summed E-state index contributed by atoms with van der Waals surface area (Å²) in [6.07, 6.45) is 14.6. The second kappa shape index (κ2) is 7.84. The van der Waals surface area contributed by atoms with Gasteiger partial charge in [-0.15, -0.1) is 0 Å². The number of nitrogens with zero attached hydrogens (tertiary/aromatic N) is 1. The van der Waals surface area contributed by atoms with Gasteiger partial charge in [-0.2, -0.15) is 0 Å². The lowest BCUT2D eigenvalue weighted by molar-refractivity contribution is -0.145. The highest BCUT2D eigenvalue weighted by molar-refractivity contribution is 5.80. The Balaban J connectivity index is 1.30. The number of carbonyl (C=O) groups is 1. The Hall–Kier alpha value is -0.570. The van der Waals surface area contributed by atoms with Crippen LogP contribution in [0.1, 0.15) is 84.5 Å². The van der Waals surface area contributed by atoms with E-state index in [-0.39, 0.29) is 11.3 Å². The maximum atomic E-state index is 13.6. The average Bonchev–Trinajstić information content (AvgIpc) is 3.10. The molecule has 0 radical (unpaired) electrons. The van der Waals surface area contributed by atoms with E-state index in [9.17, 15) is 4.79 Å². The SMILES string of the molecule is CC1CCC2C(CCC3C2CCC2(C)C3CC[C@@H]2C(=O)N(C)C2CCOCC2)C1. The van der Waals surface area contributed by atoms with Crippen molar-refractivity contribution in [3.8, 4) is 0 Å². The second-order valence-corrected chi connectivity index (χ2v) is 11.8. The van der Waals surface area contributed by atoms with Crippen molar-refractivity contribution in [1.82, 2.24) is 4.90 Å². The number of amides is 1. The Labute approximate surface area is 178 Å². The van der Waals surface area contributed by atoms with E-state index in [2.05, 4.69) is 25.8 Å². The summed E-state index contributed by atoms with van der Waals surface area (Å²) in [6, 6.07) is 0.398. The molecule has 3 heteroatoms. The lowest BCUT2D eigenvalue weighted by Gasteiger charge is -2.56. The smallest absolute Gasteiger partial charge is 0.226 e. The Morgan fingerprint density at radius 2 is 1.66 bits per heavy atom. The molecule has 0 aromatic carbocycles. The zero-order chi connectivity index (χ0) is 20.2. The van der Waals surface area contributed by atoms with Crippen LogP contribution in [0.25, 0.3) is 0 Å². The van der Waals surface area contributed by atoms with E-state index in [1.54, 1.807) is 0 Å². The normalized spacial score (nSPS) is 47.8. The highest BCUT2D eigenvalue weighted by Crippen LogP contribution is 2.64. The summed E-state index contributed by atoms with van der Waals surface area (Å²) in [5, 5.41) is 0. The minimum absolute atomic E-state index is 0.256. The third-order valence-corrected chi connectivity index (χ3v) is 10.6. The minimum atomic E-state index is 0.256. The summed E-state index contributed by atoms with van der Waals surface area (Å²) in [5.41, 5.74) is 0.256. The van der Waals surface area contributed by atoms with E-state index in [4.69, 9.17) is 4.74 Å². The van der Waals surface area contributed by atoms with Gasteiger partial charge in [0.2, 0.25) is 5.91 Å². The van der Waals surface area contributed by atoms with Gasteiger partial charge in [-0.25, -0.2) is 0 Å². The molecule has 1 aliphatic heterocycles. The summed E-state index contributed by atoms with van der Waals surface area (Å²) in [7, 11) is 2.08. The van der Waals surface area contributed by atoms with Gasteiger partial charge >= 0.3 is 0 Å². The average molecular weight is 402 g/mol. The van der Waals surface area contributed by atoms with E-state index >= 15 is 0 Å². The number of ether oxygens (including phenoxy) is 1. The van der Waals surface area contributed by atoms with Crippen molar-refractivity contribution in [2.45, 2.75) is 90.5 Å². The fourth-order valence-corrected chi connectivity index (χ4v) is 8.99. The van der Waals surface area contributed by atoms with Gasteiger partial charge in [0.25, 0.3) is 0 Å². The molecule has 4 saturated carbocycles. The van der Waals surface area contributed by atoms with Gasteiger partial charge in [0.1, 0.15) is 0 Å². The van der Waals surface area contributed by atoms with Crippen molar-refractivity contribution in [1.29, 1.82) is 0 Å². The van der Waals surface area contributed by atoms with Crippen molar-refractivity contribution >= 4 is 5.91 Å². The number of carbonyl (C=O) groups excluding carboxylic acids is 1. The van der Waals surface area contributed by atoms with Crippen LogP contribution in [-0.2, 0) is 9.53 Å².